The third kappa shape index (κ3) is 4.24. The fraction of sp³-hybridized carbons (Fsp3) is 0.533. The summed E-state index contributed by atoms with van der Waals surface area (Å²) >= 11 is 0. The van der Waals surface area contributed by atoms with Gasteiger partial charge in [0.2, 0.25) is 5.91 Å². The average molecular weight is 264 g/mol. The van der Waals surface area contributed by atoms with Crippen molar-refractivity contribution in [1.82, 2.24) is 10.2 Å². The van der Waals surface area contributed by atoms with Crippen LogP contribution in [-0.4, -0.2) is 35.5 Å². The first-order valence-corrected chi connectivity index (χ1v) is 6.92. The second kappa shape index (κ2) is 7.79. The van der Waals surface area contributed by atoms with Gasteiger partial charge in [-0.05, 0) is 26.0 Å². The number of hydrogen-bond donors (Lipinski definition) is 2. The molecule has 1 aromatic rings. The maximum absolute atomic E-state index is 11.7. The van der Waals surface area contributed by atoms with Crippen molar-refractivity contribution in [3.63, 3.8) is 0 Å². The molecule has 1 atom stereocenters. The highest BCUT2D eigenvalue weighted by Gasteiger charge is 2.21. The molecule has 1 rings (SSSR count). The highest BCUT2D eigenvalue weighted by Crippen LogP contribution is 2.30. The second-order valence-corrected chi connectivity index (χ2v) is 4.50. The minimum Gasteiger partial charge on any atom is -0.508 e. The summed E-state index contributed by atoms with van der Waals surface area (Å²) in [6.07, 6.45) is 0.852. The zero-order chi connectivity index (χ0) is 14.3. The van der Waals surface area contributed by atoms with E-state index >= 15 is 0 Å². The number of hydrogen-bond acceptors (Lipinski definition) is 3. The number of benzene rings is 1. The van der Waals surface area contributed by atoms with E-state index in [1.807, 2.05) is 32.0 Å². The van der Waals surface area contributed by atoms with Gasteiger partial charge >= 0.3 is 0 Å². The lowest BCUT2D eigenvalue weighted by atomic mass is 10.0. The van der Waals surface area contributed by atoms with Crippen LogP contribution >= 0.6 is 0 Å². The highest BCUT2D eigenvalue weighted by atomic mass is 16.3. The molecule has 0 aliphatic heterocycles. The number of aromatic hydroxyl groups is 1. The number of phenols is 1. The van der Waals surface area contributed by atoms with E-state index in [-0.39, 0.29) is 11.9 Å². The molecule has 1 amide bonds. The van der Waals surface area contributed by atoms with Crippen LogP contribution in [-0.2, 0) is 4.79 Å². The quantitative estimate of drug-likeness (QED) is 0.794. The first-order chi connectivity index (χ1) is 9.13. The van der Waals surface area contributed by atoms with Gasteiger partial charge in [-0.2, -0.15) is 0 Å². The van der Waals surface area contributed by atoms with Crippen LogP contribution in [0.3, 0.4) is 0 Å². The lowest BCUT2D eigenvalue weighted by molar-refractivity contribution is -0.122. The number of amides is 1. The molecule has 4 nitrogen and oxygen atoms in total. The van der Waals surface area contributed by atoms with Crippen LogP contribution in [0.5, 0.6) is 5.75 Å². The third-order valence-electron chi connectivity index (χ3n) is 3.25. The maximum Gasteiger partial charge on any atom is 0.234 e. The fourth-order valence-electron chi connectivity index (χ4n) is 2.32. The van der Waals surface area contributed by atoms with Crippen LogP contribution in [0.15, 0.2) is 24.3 Å². The molecule has 0 aliphatic rings. The van der Waals surface area contributed by atoms with E-state index in [0.29, 0.717) is 18.8 Å². The molecule has 1 unspecified atom stereocenters. The van der Waals surface area contributed by atoms with Crippen molar-refractivity contribution < 1.29 is 9.90 Å². The Kier molecular flexibility index (Phi) is 6.36. The highest BCUT2D eigenvalue weighted by molar-refractivity contribution is 5.78. The third-order valence-corrected chi connectivity index (χ3v) is 3.25. The Morgan fingerprint density at radius 3 is 2.53 bits per heavy atom. The first kappa shape index (κ1) is 15.5. The van der Waals surface area contributed by atoms with Gasteiger partial charge in [0.15, 0.2) is 0 Å². The Hall–Kier alpha value is -1.55. The minimum absolute atomic E-state index is 0.0261. The van der Waals surface area contributed by atoms with Crippen LogP contribution in [0.2, 0.25) is 0 Å². The largest absolute Gasteiger partial charge is 0.508 e. The van der Waals surface area contributed by atoms with E-state index < -0.39 is 0 Å². The molecule has 106 valence electrons. The van der Waals surface area contributed by atoms with Gasteiger partial charge in [-0.3, -0.25) is 9.69 Å². The summed E-state index contributed by atoms with van der Waals surface area (Å²) in [5.74, 6) is 0.321. The van der Waals surface area contributed by atoms with Crippen LogP contribution in [0.25, 0.3) is 0 Å². The minimum atomic E-state index is 0.0261. The van der Waals surface area contributed by atoms with E-state index in [1.165, 1.54) is 0 Å². The van der Waals surface area contributed by atoms with E-state index in [4.69, 9.17) is 0 Å². The summed E-state index contributed by atoms with van der Waals surface area (Å²) < 4.78 is 0. The monoisotopic (exact) mass is 264 g/mol. The smallest absolute Gasteiger partial charge is 0.234 e. The summed E-state index contributed by atoms with van der Waals surface area (Å²) in [5, 5.41) is 12.8. The zero-order valence-electron chi connectivity index (χ0n) is 12.0. The van der Waals surface area contributed by atoms with Crippen LogP contribution < -0.4 is 5.32 Å². The van der Waals surface area contributed by atoms with Crippen molar-refractivity contribution in [2.75, 3.05) is 19.6 Å². The number of phenolic OH excluding ortho intramolecular Hbond substituents is 1. The summed E-state index contributed by atoms with van der Waals surface area (Å²) in [6, 6.07) is 7.40. The van der Waals surface area contributed by atoms with Gasteiger partial charge in [0.05, 0.1) is 6.54 Å². The lowest BCUT2D eigenvalue weighted by Gasteiger charge is -2.30. The Balaban J connectivity index is 2.87. The molecule has 0 fully saturated rings. The number of para-hydroxylation sites is 1. The SMILES string of the molecule is CCNC(=O)CN(CC)C(CC)c1ccccc1O. The van der Waals surface area contributed by atoms with Crippen LogP contribution in [0.4, 0.5) is 0 Å². The van der Waals surface area contributed by atoms with E-state index in [2.05, 4.69) is 17.1 Å². The van der Waals surface area contributed by atoms with Crippen molar-refractivity contribution in [1.29, 1.82) is 0 Å². The van der Waals surface area contributed by atoms with Gasteiger partial charge in [0.1, 0.15) is 5.75 Å². The van der Waals surface area contributed by atoms with Gasteiger partial charge in [0, 0.05) is 18.2 Å². The predicted octanol–water partition coefficient (Wildman–Crippen LogP) is 2.30. The zero-order valence-corrected chi connectivity index (χ0v) is 12.0. The molecule has 0 heterocycles. The van der Waals surface area contributed by atoms with E-state index in [1.54, 1.807) is 6.07 Å². The summed E-state index contributed by atoms with van der Waals surface area (Å²) in [5.41, 5.74) is 0.885. The van der Waals surface area contributed by atoms with Crippen LogP contribution in [0, 0.1) is 0 Å². The number of nitrogens with one attached hydrogen (secondary N) is 1. The standard InChI is InChI=1S/C15H24N2O2/c1-4-13(12-9-7-8-10-14(12)18)17(6-3)11-15(19)16-5-2/h7-10,13,18H,4-6,11H2,1-3H3,(H,16,19). The molecule has 0 saturated heterocycles. The predicted molar refractivity (Wildman–Crippen MR) is 77.1 cm³/mol. The van der Waals surface area contributed by atoms with Gasteiger partial charge in [0.25, 0.3) is 0 Å². The molecule has 0 radical (unpaired) electrons. The molecule has 1 aromatic carbocycles. The van der Waals surface area contributed by atoms with E-state index in [0.717, 1.165) is 18.5 Å². The molecule has 0 saturated carbocycles. The average Bonchev–Trinajstić information content (AvgIpc) is 2.40. The van der Waals surface area contributed by atoms with Gasteiger partial charge in [-0.15, -0.1) is 0 Å². The number of likely N-dealkylation sites (N-methyl/N-ethyl adjacent to an activating group) is 2. The van der Waals surface area contributed by atoms with Gasteiger partial charge < -0.3 is 10.4 Å². The Morgan fingerprint density at radius 2 is 2.00 bits per heavy atom. The van der Waals surface area contributed by atoms with Crippen LogP contribution in [0.1, 0.15) is 38.8 Å². The number of nitrogens with zero attached hydrogens (tertiary/aromatic N) is 1. The number of rotatable bonds is 7. The topological polar surface area (TPSA) is 52.6 Å². The molecule has 0 spiro atoms. The second-order valence-electron chi connectivity index (χ2n) is 4.50. The number of carbonyl (C=O) groups is 1. The van der Waals surface area contributed by atoms with Crippen molar-refractivity contribution in [2.24, 2.45) is 0 Å². The Bertz CT molecular complexity index is 407. The molecule has 19 heavy (non-hydrogen) atoms. The summed E-state index contributed by atoms with van der Waals surface area (Å²) in [6.45, 7) is 7.78. The van der Waals surface area contributed by atoms with Gasteiger partial charge in [-0.1, -0.05) is 32.0 Å². The number of carbonyl (C=O) groups excluding carboxylic acids is 1. The van der Waals surface area contributed by atoms with Gasteiger partial charge in [-0.25, -0.2) is 0 Å². The summed E-state index contributed by atoms with van der Waals surface area (Å²) in [7, 11) is 0. The van der Waals surface area contributed by atoms with Crippen molar-refractivity contribution in [3.8, 4) is 5.75 Å². The summed E-state index contributed by atoms with van der Waals surface area (Å²) in [4.78, 5) is 13.8. The molecule has 0 aliphatic carbocycles. The molecular formula is C15H24N2O2. The normalized spacial score (nSPS) is 12.4. The maximum atomic E-state index is 11.7. The first-order valence-electron chi connectivity index (χ1n) is 6.92. The molecule has 0 bridgehead atoms. The van der Waals surface area contributed by atoms with Crippen molar-refractivity contribution in [3.05, 3.63) is 29.8 Å². The van der Waals surface area contributed by atoms with E-state index in [9.17, 15) is 9.90 Å². The Labute approximate surface area is 115 Å². The van der Waals surface area contributed by atoms with Crippen molar-refractivity contribution in [2.45, 2.75) is 33.2 Å². The fourth-order valence-corrected chi connectivity index (χ4v) is 2.32. The van der Waals surface area contributed by atoms with Crippen molar-refractivity contribution >= 4 is 5.91 Å². The molecule has 2 N–H and O–H groups in total. The molecule has 4 heteroatoms. The molecule has 0 aromatic heterocycles. The molecular weight excluding hydrogens is 240 g/mol. The Morgan fingerprint density at radius 1 is 1.32 bits per heavy atom. The lowest BCUT2D eigenvalue weighted by Crippen LogP contribution is -2.39.